The molecule has 1 aromatic heterocycles. The van der Waals surface area contributed by atoms with Gasteiger partial charge in [0.25, 0.3) is 0 Å². The van der Waals surface area contributed by atoms with Gasteiger partial charge in [0.2, 0.25) is 5.91 Å². The van der Waals surface area contributed by atoms with Gasteiger partial charge in [-0.05, 0) is 25.0 Å². The van der Waals surface area contributed by atoms with E-state index >= 15 is 0 Å². The summed E-state index contributed by atoms with van der Waals surface area (Å²) in [5.41, 5.74) is 3.06. The molecule has 0 aliphatic carbocycles. The molecule has 0 fully saturated rings. The van der Waals surface area contributed by atoms with Gasteiger partial charge in [-0.3, -0.25) is 4.79 Å². The molecule has 5 heteroatoms. The first-order valence-corrected chi connectivity index (χ1v) is 7.27. The zero-order valence-electron chi connectivity index (χ0n) is 12.4. The number of H-pyrrole nitrogens is 1. The Hall–Kier alpha value is -2.35. The van der Waals surface area contributed by atoms with Crippen LogP contribution in [0.2, 0.25) is 0 Å². The molecule has 2 aromatic rings. The third-order valence-electron chi connectivity index (χ3n) is 3.42. The van der Waals surface area contributed by atoms with E-state index in [0.29, 0.717) is 19.3 Å². The van der Waals surface area contributed by atoms with E-state index < -0.39 is 0 Å². The van der Waals surface area contributed by atoms with Gasteiger partial charge in [-0.15, -0.1) is 0 Å². The molecule has 2 N–H and O–H groups in total. The lowest BCUT2D eigenvalue weighted by atomic mass is 10.2. The number of hydrogen-bond acceptors (Lipinski definition) is 3. The van der Waals surface area contributed by atoms with Crippen LogP contribution in [0.25, 0.3) is 11.0 Å². The van der Waals surface area contributed by atoms with Crippen LogP contribution >= 0.6 is 0 Å². The van der Waals surface area contributed by atoms with Crippen molar-refractivity contribution in [3.63, 3.8) is 0 Å². The van der Waals surface area contributed by atoms with E-state index in [1.807, 2.05) is 32.0 Å². The third-order valence-corrected chi connectivity index (χ3v) is 3.42. The number of aromatic amines is 1. The summed E-state index contributed by atoms with van der Waals surface area (Å²) in [7, 11) is 0. The summed E-state index contributed by atoms with van der Waals surface area (Å²) < 4.78 is 0. The van der Waals surface area contributed by atoms with Crippen molar-refractivity contribution >= 4 is 16.9 Å². The van der Waals surface area contributed by atoms with Crippen LogP contribution in [0.1, 0.15) is 37.6 Å². The molecule has 1 aromatic carbocycles. The van der Waals surface area contributed by atoms with Crippen LogP contribution in [0.4, 0.5) is 0 Å². The number of amides is 1. The maximum Gasteiger partial charge on any atom is 0.221 e. The van der Waals surface area contributed by atoms with Crippen molar-refractivity contribution in [3.05, 3.63) is 29.6 Å². The normalized spacial score (nSPS) is 12.0. The number of benzene rings is 1. The topological polar surface area (TPSA) is 81.6 Å². The number of nitriles is 1. The van der Waals surface area contributed by atoms with Gasteiger partial charge >= 0.3 is 0 Å². The van der Waals surface area contributed by atoms with Gasteiger partial charge in [-0.25, -0.2) is 4.98 Å². The summed E-state index contributed by atoms with van der Waals surface area (Å²) in [6, 6.07) is 7.69. The van der Waals surface area contributed by atoms with E-state index in [2.05, 4.69) is 21.4 Å². The van der Waals surface area contributed by atoms with Crippen molar-refractivity contribution in [2.45, 2.75) is 45.6 Å². The molecule has 1 amide bonds. The van der Waals surface area contributed by atoms with Crippen LogP contribution in [0.5, 0.6) is 0 Å². The third kappa shape index (κ3) is 3.82. The fourth-order valence-corrected chi connectivity index (χ4v) is 2.30. The van der Waals surface area contributed by atoms with Crippen molar-refractivity contribution in [2.75, 3.05) is 0 Å². The summed E-state index contributed by atoms with van der Waals surface area (Å²) in [5, 5.41) is 11.7. The van der Waals surface area contributed by atoms with E-state index in [1.165, 1.54) is 0 Å². The fraction of sp³-hybridized carbons (Fsp3) is 0.438. The minimum atomic E-state index is -0.389. The summed E-state index contributed by atoms with van der Waals surface area (Å²) in [4.78, 5) is 19.6. The van der Waals surface area contributed by atoms with E-state index in [1.54, 1.807) is 0 Å². The van der Waals surface area contributed by atoms with Crippen molar-refractivity contribution < 1.29 is 4.79 Å². The molecule has 0 spiro atoms. The lowest BCUT2D eigenvalue weighted by Gasteiger charge is -2.09. The van der Waals surface area contributed by atoms with Crippen LogP contribution in [0.15, 0.2) is 18.2 Å². The molecular weight excluding hydrogens is 264 g/mol. The molecule has 0 aliphatic rings. The minimum Gasteiger partial charge on any atom is -0.342 e. The predicted molar refractivity (Wildman–Crippen MR) is 81.6 cm³/mol. The van der Waals surface area contributed by atoms with Crippen molar-refractivity contribution in [1.29, 1.82) is 5.26 Å². The molecule has 0 bridgehead atoms. The van der Waals surface area contributed by atoms with Gasteiger partial charge in [-0.1, -0.05) is 25.5 Å². The highest BCUT2D eigenvalue weighted by atomic mass is 16.1. The van der Waals surface area contributed by atoms with Gasteiger partial charge in [0.1, 0.15) is 11.9 Å². The SMILES string of the molecule is CCCC(C#N)NC(=O)CCc1nc2c(C)cccc2[nH]1. The van der Waals surface area contributed by atoms with E-state index in [9.17, 15) is 4.79 Å². The largest absolute Gasteiger partial charge is 0.342 e. The maximum atomic E-state index is 11.8. The molecule has 110 valence electrons. The Morgan fingerprint density at radius 2 is 2.33 bits per heavy atom. The Balaban J connectivity index is 1.94. The molecule has 2 rings (SSSR count). The monoisotopic (exact) mass is 284 g/mol. The maximum absolute atomic E-state index is 11.8. The van der Waals surface area contributed by atoms with Gasteiger partial charge in [0.05, 0.1) is 17.1 Å². The highest BCUT2D eigenvalue weighted by molar-refractivity contribution is 5.79. The van der Waals surface area contributed by atoms with Crippen LogP contribution in [-0.2, 0) is 11.2 Å². The molecule has 0 saturated heterocycles. The van der Waals surface area contributed by atoms with Crippen LogP contribution in [0.3, 0.4) is 0 Å². The number of imidazole rings is 1. The quantitative estimate of drug-likeness (QED) is 0.855. The fourth-order valence-electron chi connectivity index (χ4n) is 2.30. The van der Waals surface area contributed by atoms with Crippen LogP contribution < -0.4 is 5.32 Å². The van der Waals surface area contributed by atoms with Crippen molar-refractivity contribution in [3.8, 4) is 6.07 Å². The molecule has 0 saturated carbocycles. The first kappa shape index (κ1) is 15.0. The molecule has 0 radical (unpaired) electrons. The molecule has 21 heavy (non-hydrogen) atoms. The summed E-state index contributed by atoms with van der Waals surface area (Å²) in [5.74, 6) is 0.700. The molecule has 1 unspecified atom stereocenters. The number of para-hydroxylation sites is 1. The minimum absolute atomic E-state index is 0.104. The highest BCUT2D eigenvalue weighted by Crippen LogP contribution is 2.16. The molecule has 1 atom stereocenters. The number of nitrogens with one attached hydrogen (secondary N) is 2. The van der Waals surface area contributed by atoms with Crippen molar-refractivity contribution in [1.82, 2.24) is 15.3 Å². The standard InChI is InChI=1S/C16H20N4O/c1-3-5-12(10-17)18-15(21)9-8-14-19-13-7-4-6-11(2)16(13)20-14/h4,6-7,12H,3,5,8-9H2,1-2H3,(H,18,21)(H,19,20). The lowest BCUT2D eigenvalue weighted by molar-refractivity contribution is -0.121. The van der Waals surface area contributed by atoms with Crippen LogP contribution in [0, 0.1) is 18.3 Å². The summed E-state index contributed by atoms with van der Waals surface area (Å²) in [6.45, 7) is 4.01. The second kappa shape index (κ2) is 6.89. The Labute approximate surface area is 124 Å². The number of aryl methyl sites for hydroxylation is 2. The number of fused-ring (bicyclic) bond motifs is 1. The van der Waals surface area contributed by atoms with Crippen LogP contribution in [-0.4, -0.2) is 21.9 Å². The Morgan fingerprint density at radius 1 is 1.52 bits per heavy atom. The number of carbonyl (C=O) groups is 1. The first-order valence-electron chi connectivity index (χ1n) is 7.27. The Bertz CT molecular complexity index is 668. The molecular formula is C16H20N4O. The number of hydrogen-bond donors (Lipinski definition) is 2. The average molecular weight is 284 g/mol. The van der Waals surface area contributed by atoms with Gasteiger partial charge in [0, 0.05) is 12.8 Å². The molecule has 5 nitrogen and oxygen atoms in total. The Morgan fingerprint density at radius 3 is 3.00 bits per heavy atom. The van der Waals surface area contributed by atoms with E-state index in [-0.39, 0.29) is 11.9 Å². The summed E-state index contributed by atoms with van der Waals surface area (Å²) >= 11 is 0. The summed E-state index contributed by atoms with van der Waals surface area (Å²) in [6.07, 6.45) is 2.44. The zero-order valence-corrected chi connectivity index (χ0v) is 12.4. The van der Waals surface area contributed by atoms with Crippen molar-refractivity contribution in [2.24, 2.45) is 0 Å². The lowest BCUT2D eigenvalue weighted by Crippen LogP contribution is -2.33. The van der Waals surface area contributed by atoms with Gasteiger partial charge in [-0.2, -0.15) is 5.26 Å². The van der Waals surface area contributed by atoms with Gasteiger partial charge in [0.15, 0.2) is 0 Å². The number of nitrogens with zero attached hydrogens (tertiary/aromatic N) is 2. The number of rotatable bonds is 6. The van der Waals surface area contributed by atoms with E-state index in [4.69, 9.17) is 5.26 Å². The Kier molecular flexibility index (Phi) is 4.94. The zero-order chi connectivity index (χ0) is 15.2. The second-order valence-corrected chi connectivity index (χ2v) is 5.19. The predicted octanol–water partition coefficient (Wildman–Crippen LogP) is 2.61. The number of aromatic nitrogens is 2. The smallest absolute Gasteiger partial charge is 0.221 e. The second-order valence-electron chi connectivity index (χ2n) is 5.19. The first-order chi connectivity index (χ1) is 10.1. The number of carbonyl (C=O) groups excluding carboxylic acids is 1. The van der Waals surface area contributed by atoms with E-state index in [0.717, 1.165) is 28.8 Å². The highest BCUT2D eigenvalue weighted by Gasteiger charge is 2.11. The molecule has 0 aliphatic heterocycles. The van der Waals surface area contributed by atoms with Gasteiger partial charge < -0.3 is 10.3 Å². The molecule has 1 heterocycles. The average Bonchev–Trinajstić information content (AvgIpc) is 2.89.